The summed E-state index contributed by atoms with van der Waals surface area (Å²) in [6.45, 7) is 7.98. The Morgan fingerprint density at radius 2 is 2.00 bits per heavy atom. The van der Waals surface area contributed by atoms with Gasteiger partial charge in [0.05, 0.1) is 0 Å². The fourth-order valence-electron chi connectivity index (χ4n) is 4.22. The highest BCUT2D eigenvalue weighted by Crippen LogP contribution is 2.47. The Morgan fingerprint density at radius 3 is 2.69 bits per heavy atom. The van der Waals surface area contributed by atoms with Crippen LogP contribution in [0.1, 0.15) is 50.1 Å². The van der Waals surface area contributed by atoms with Gasteiger partial charge in [0.2, 0.25) is 0 Å². The lowest BCUT2D eigenvalue weighted by molar-refractivity contribution is -0.118. The lowest BCUT2D eigenvalue weighted by atomic mass is 9.71. The van der Waals surface area contributed by atoms with Crippen LogP contribution < -0.4 is 5.32 Å². The number of amides is 2. The van der Waals surface area contributed by atoms with E-state index in [0.717, 1.165) is 27.5 Å². The lowest BCUT2D eigenvalue weighted by Crippen LogP contribution is -2.42. The largest absolute Gasteiger partial charge is 0.331 e. The van der Waals surface area contributed by atoms with Gasteiger partial charge in [-0.25, -0.2) is 9.78 Å². The predicted octanol–water partition coefficient (Wildman–Crippen LogP) is 5.63. The van der Waals surface area contributed by atoms with Crippen molar-refractivity contribution in [3.63, 3.8) is 0 Å². The first-order valence-corrected chi connectivity index (χ1v) is 10.7. The molecule has 2 aromatic heterocycles. The van der Waals surface area contributed by atoms with Crippen LogP contribution in [0, 0.1) is 12.3 Å². The molecular formula is C23H25N3O2S. The number of nitrogens with zero attached hydrogens (tertiary/aromatic N) is 2. The number of anilines is 1. The van der Waals surface area contributed by atoms with E-state index in [9.17, 15) is 9.59 Å². The topological polar surface area (TPSA) is 62.3 Å². The second-order valence-corrected chi connectivity index (χ2v) is 9.51. The molecule has 1 unspecified atom stereocenters. The minimum absolute atomic E-state index is 0.0882. The summed E-state index contributed by atoms with van der Waals surface area (Å²) in [6, 6.07) is 9.30. The van der Waals surface area contributed by atoms with Crippen molar-refractivity contribution in [2.45, 2.75) is 46.5 Å². The number of aryl methyl sites for hydroxylation is 1. The van der Waals surface area contributed by atoms with Crippen molar-refractivity contribution >= 4 is 29.0 Å². The molecule has 0 fully saturated rings. The Balaban J connectivity index is 1.76. The number of hydrogen-bond donors (Lipinski definition) is 1. The highest BCUT2D eigenvalue weighted by molar-refractivity contribution is 7.10. The van der Waals surface area contributed by atoms with Crippen LogP contribution in [0.2, 0.25) is 0 Å². The molecule has 0 radical (unpaired) electrons. The van der Waals surface area contributed by atoms with Gasteiger partial charge in [0, 0.05) is 39.9 Å². The molecule has 0 saturated heterocycles. The van der Waals surface area contributed by atoms with Gasteiger partial charge >= 0.3 is 6.03 Å². The molecular weight excluding hydrogens is 382 g/mol. The van der Waals surface area contributed by atoms with Crippen molar-refractivity contribution in [1.82, 2.24) is 9.88 Å². The summed E-state index contributed by atoms with van der Waals surface area (Å²) in [5.41, 5.74) is 3.05. The molecule has 2 amide bonds. The van der Waals surface area contributed by atoms with Crippen LogP contribution in [0.4, 0.5) is 10.6 Å². The summed E-state index contributed by atoms with van der Waals surface area (Å²) >= 11 is 1.64. The molecule has 2 aromatic rings. The van der Waals surface area contributed by atoms with Gasteiger partial charge in [0.15, 0.2) is 5.78 Å². The first kappa shape index (κ1) is 19.6. The van der Waals surface area contributed by atoms with E-state index in [1.54, 1.807) is 22.3 Å². The van der Waals surface area contributed by atoms with Crippen molar-refractivity contribution in [2.75, 3.05) is 5.32 Å². The summed E-state index contributed by atoms with van der Waals surface area (Å²) in [5.74, 6) is 0.548. The molecule has 4 rings (SSSR count). The van der Waals surface area contributed by atoms with Gasteiger partial charge in [-0.2, -0.15) is 0 Å². The van der Waals surface area contributed by atoms with Crippen molar-refractivity contribution in [1.29, 1.82) is 0 Å². The van der Waals surface area contributed by atoms with E-state index >= 15 is 0 Å². The first-order chi connectivity index (χ1) is 13.7. The molecule has 3 heterocycles. The summed E-state index contributed by atoms with van der Waals surface area (Å²) in [7, 11) is 0. The average Bonchev–Trinajstić information content (AvgIpc) is 3.14. The number of carbonyl (C=O) groups excluding carboxylic acids is 2. The zero-order valence-electron chi connectivity index (χ0n) is 17.2. The predicted molar refractivity (Wildman–Crippen MR) is 116 cm³/mol. The number of rotatable bonds is 2. The van der Waals surface area contributed by atoms with Crippen molar-refractivity contribution in [3.8, 4) is 0 Å². The highest BCUT2D eigenvalue weighted by Gasteiger charge is 2.42. The molecule has 150 valence electrons. The molecule has 0 aromatic carbocycles. The zero-order valence-corrected chi connectivity index (χ0v) is 18.0. The normalized spacial score (nSPS) is 21.0. The van der Waals surface area contributed by atoms with Crippen LogP contribution in [0.5, 0.6) is 0 Å². The molecule has 2 aliphatic rings. The number of nitrogens with one attached hydrogen (secondary N) is 1. The number of allylic oxidation sites excluding steroid dienone is 4. The number of aromatic nitrogens is 1. The third kappa shape index (κ3) is 3.77. The summed E-state index contributed by atoms with van der Waals surface area (Å²) in [6.07, 6.45) is 3.20. The standard InChI is InChI=1S/C23H25N3O2S/c1-14-7-5-9-20(24-14)25-22(28)26-15(2)11-16(19-8-6-10-29-19)21-17(26)12-23(3,4)13-18(21)27/h5-11,16H,12-13H2,1-4H3,(H,24,25,28). The number of thiophene rings is 1. The van der Waals surface area contributed by atoms with Crippen LogP contribution in [0.15, 0.2) is 58.8 Å². The van der Waals surface area contributed by atoms with Crippen LogP contribution >= 0.6 is 11.3 Å². The van der Waals surface area contributed by atoms with E-state index in [0.29, 0.717) is 18.7 Å². The third-order valence-electron chi connectivity index (χ3n) is 5.41. The maximum atomic E-state index is 13.2. The number of ketones is 1. The number of Topliss-reactive ketones (excluding diaryl/α,β-unsaturated/α-hetero) is 1. The quantitative estimate of drug-likeness (QED) is 0.702. The van der Waals surface area contributed by atoms with Gasteiger partial charge in [-0.05, 0) is 49.3 Å². The third-order valence-corrected chi connectivity index (χ3v) is 6.37. The highest BCUT2D eigenvalue weighted by atomic mass is 32.1. The Hall–Kier alpha value is -2.73. The molecule has 1 aliphatic carbocycles. The van der Waals surface area contributed by atoms with Gasteiger partial charge in [0.1, 0.15) is 5.82 Å². The van der Waals surface area contributed by atoms with Gasteiger partial charge in [-0.3, -0.25) is 15.0 Å². The van der Waals surface area contributed by atoms with E-state index in [4.69, 9.17) is 0 Å². The maximum Gasteiger partial charge on any atom is 0.331 e. The Bertz CT molecular complexity index is 1030. The van der Waals surface area contributed by atoms with Crippen molar-refractivity contribution in [2.24, 2.45) is 5.41 Å². The van der Waals surface area contributed by atoms with Crippen LogP contribution in [-0.4, -0.2) is 21.7 Å². The van der Waals surface area contributed by atoms with E-state index < -0.39 is 0 Å². The van der Waals surface area contributed by atoms with Gasteiger partial charge in [-0.15, -0.1) is 11.3 Å². The second-order valence-electron chi connectivity index (χ2n) is 8.53. The molecule has 29 heavy (non-hydrogen) atoms. The van der Waals surface area contributed by atoms with E-state index in [1.165, 1.54) is 0 Å². The maximum absolute atomic E-state index is 13.2. The molecule has 5 nitrogen and oxygen atoms in total. The summed E-state index contributed by atoms with van der Waals surface area (Å²) < 4.78 is 0. The van der Waals surface area contributed by atoms with E-state index in [-0.39, 0.29) is 23.1 Å². The van der Waals surface area contributed by atoms with E-state index in [1.807, 2.05) is 43.5 Å². The lowest BCUT2D eigenvalue weighted by Gasteiger charge is -2.41. The average molecular weight is 408 g/mol. The van der Waals surface area contributed by atoms with Crippen LogP contribution in [-0.2, 0) is 4.79 Å². The minimum Gasteiger partial charge on any atom is -0.294 e. The smallest absolute Gasteiger partial charge is 0.294 e. The Kier molecular flexibility index (Phi) is 4.90. The molecule has 0 spiro atoms. The van der Waals surface area contributed by atoms with Crippen LogP contribution in [0.25, 0.3) is 0 Å². The monoisotopic (exact) mass is 407 g/mol. The number of hydrogen-bond acceptors (Lipinski definition) is 4. The SMILES string of the molecule is CC1=CC(c2cccs2)C2=C(CC(C)(C)CC2=O)N1C(=O)Nc1cccc(C)n1. The van der Waals surface area contributed by atoms with Crippen molar-refractivity contribution in [3.05, 3.63) is 69.3 Å². The molecule has 1 atom stereocenters. The second kappa shape index (κ2) is 7.26. The molecule has 0 saturated carbocycles. The van der Waals surface area contributed by atoms with Gasteiger partial charge in [0.25, 0.3) is 0 Å². The zero-order chi connectivity index (χ0) is 20.8. The van der Waals surface area contributed by atoms with E-state index in [2.05, 4.69) is 30.2 Å². The summed E-state index contributed by atoms with van der Waals surface area (Å²) in [5, 5.41) is 4.93. The van der Waals surface area contributed by atoms with Gasteiger partial charge < -0.3 is 0 Å². The number of pyridine rings is 1. The fraction of sp³-hybridized carbons (Fsp3) is 0.348. The molecule has 1 aliphatic heterocycles. The molecule has 6 heteroatoms. The fourth-order valence-corrected chi connectivity index (χ4v) is 5.02. The number of carbonyl (C=O) groups is 2. The van der Waals surface area contributed by atoms with Crippen LogP contribution in [0.3, 0.4) is 0 Å². The molecule has 1 N–H and O–H groups in total. The number of urea groups is 1. The van der Waals surface area contributed by atoms with Gasteiger partial charge in [-0.1, -0.05) is 32.1 Å². The van der Waals surface area contributed by atoms with Crippen molar-refractivity contribution < 1.29 is 9.59 Å². The first-order valence-electron chi connectivity index (χ1n) is 9.78. The summed E-state index contributed by atoms with van der Waals surface area (Å²) in [4.78, 5) is 33.6. The Labute approximate surface area is 175 Å². The minimum atomic E-state index is -0.278. The Morgan fingerprint density at radius 1 is 1.21 bits per heavy atom. The molecule has 0 bridgehead atoms.